The zero-order valence-corrected chi connectivity index (χ0v) is 11.8. The Hall–Kier alpha value is -1.94. The van der Waals surface area contributed by atoms with Crippen LogP contribution in [0.5, 0.6) is 5.75 Å². The minimum Gasteiger partial charge on any atom is -0.497 e. The van der Waals surface area contributed by atoms with Gasteiger partial charge in [0.15, 0.2) is 0 Å². The number of fused-ring (bicyclic) bond motifs is 1. The number of benzene rings is 2. The van der Waals surface area contributed by atoms with E-state index in [1.54, 1.807) is 7.11 Å². The maximum absolute atomic E-state index is 5.62. The SMILES string of the molecule is COc1ccc(CNc2ccc3c(c2)B(C)OC3)cc1. The third kappa shape index (κ3) is 2.65. The van der Waals surface area contributed by atoms with Crippen LogP contribution in [-0.2, 0) is 17.8 Å². The zero-order valence-electron chi connectivity index (χ0n) is 11.8. The van der Waals surface area contributed by atoms with E-state index in [0.717, 1.165) is 24.6 Å². The van der Waals surface area contributed by atoms with E-state index in [2.05, 4.69) is 42.5 Å². The molecular formula is C16H18BNO2. The number of methoxy groups -OCH3 is 1. The van der Waals surface area contributed by atoms with Crippen molar-refractivity contribution < 1.29 is 9.39 Å². The van der Waals surface area contributed by atoms with Gasteiger partial charge in [-0.3, -0.25) is 0 Å². The summed E-state index contributed by atoms with van der Waals surface area (Å²) in [5.74, 6) is 0.886. The molecule has 0 unspecified atom stereocenters. The molecule has 20 heavy (non-hydrogen) atoms. The molecule has 0 aromatic heterocycles. The summed E-state index contributed by atoms with van der Waals surface area (Å²) in [5, 5.41) is 3.45. The predicted octanol–water partition coefficient (Wildman–Crippen LogP) is 2.67. The van der Waals surface area contributed by atoms with Gasteiger partial charge < -0.3 is 14.7 Å². The summed E-state index contributed by atoms with van der Waals surface area (Å²) in [5.41, 5.74) is 4.96. The lowest BCUT2D eigenvalue weighted by Crippen LogP contribution is -2.24. The molecule has 4 heteroatoms. The van der Waals surface area contributed by atoms with Gasteiger partial charge in [0.1, 0.15) is 5.75 Å². The van der Waals surface area contributed by atoms with E-state index >= 15 is 0 Å². The van der Waals surface area contributed by atoms with Crippen molar-refractivity contribution >= 4 is 18.1 Å². The second kappa shape index (κ2) is 5.59. The van der Waals surface area contributed by atoms with E-state index in [1.807, 2.05) is 12.1 Å². The Labute approximate surface area is 120 Å². The average Bonchev–Trinajstić information content (AvgIpc) is 2.87. The summed E-state index contributed by atoms with van der Waals surface area (Å²) >= 11 is 0. The first-order chi connectivity index (χ1) is 9.76. The molecule has 2 aromatic carbocycles. The summed E-state index contributed by atoms with van der Waals surface area (Å²) in [6.07, 6.45) is 0. The molecule has 0 saturated carbocycles. The quantitative estimate of drug-likeness (QED) is 0.864. The van der Waals surface area contributed by atoms with Crippen LogP contribution >= 0.6 is 0 Å². The van der Waals surface area contributed by atoms with Crippen LogP contribution in [0.1, 0.15) is 11.1 Å². The summed E-state index contributed by atoms with van der Waals surface area (Å²) in [4.78, 5) is 0. The number of rotatable bonds is 4. The molecule has 0 spiro atoms. The van der Waals surface area contributed by atoms with Crippen LogP contribution in [0.3, 0.4) is 0 Å². The Balaban J connectivity index is 1.67. The van der Waals surface area contributed by atoms with Gasteiger partial charge in [0, 0.05) is 12.2 Å². The Morgan fingerprint density at radius 3 is 2.75 bits per heavy atom. The average molecular weight is 267 g/mol. The van der Waals surface area contributed by atoms with Crippen LogP contribution in [0, 0.1) is 0 Å². The fourth-order valence-electron chi connectivity index (χ4n) is 2.47. The van der Waals surface area contributed by atoms with Gasteiger partial charge in [0.25, 0.3) is 0 Å². The second-order valence-corrected chi connectivity index (χ2v) is 5.07. The minimum atomic E-state index is 0.202. The lowest BCUT2D eigenvalue weighted by Gasteiger charge is -2.09. The number of hydrogen-bond acceptors (Lipinski definition) is 3. The van der Waals surface area contributed by atoms with Crippen molar-refractivity contribution in [3.05, 3.63) is 53.6 Å². The summed E-state index contributed by atoms with van der Waals surface area (Å²) < 4.78 is 10.8. The fourth-order valence-corrected chi connectivity index (χ4v) is 2.47. The van der Waals surface area contributed by atoms with E-state index in [9.17, 15) is 0 Å². The van der Waals surface area contributed by atoms with E-state index in [1.165, 1.54) is 16.6 Å². The monoisotopic (exact) mass is 267 g/mol. The number of nitrogens with one attached hydrogen (secondary N) is 1. The van der Waals surface area contributed by atoms with Gasteiger partial charge in [0.2, 0.25) is 0 Å². The largest absolute Gasteiger partial charge is 0.497 e. The first-order valence-corrected chi connectivity index (χ1v) is 6.87. The van der Waals surface area contributed by atoms with E-state index < -0.39 is 0 Å². The first kappa shape index (κ1) is 13.1. The number of ether oxygens (including phenoxy) is 1. The van der Waals surface area contributed by atoms with Crippen LogP contribution in [0.15, 0.2) is 42.5 Å². The predicted molar refractivity (Wildman–Crippen MR) is 82.8 cm³/mol. The van der Waals surface area contributed by atoms with Crippen LogP contribution in [0.2, 0.25) is 6.82 Å². The van der Waals surface area contributed by atoms with E-state index in [4.69, 9.17) is 9.39 Å². The fraction of sp³-hybridized carbons (Fsp3) is 0.250. The number of anilines is 1. The van der Waals surface area contributed by atoms with Gasteiger partial charge in [-0.05, 0) is 40.9 Å². The maximum Gasteiger partial charge on any atom is 0.324 e. The highest BCUT2D eigenvalue weighted by Crippen LogP contribution is 2.17. The Morgan fingerprint density at radius 1 is 1.20 bits per heavy atom. The Bertz CT molecular complexity index is 598. The van der Waals surface area contributed by atoms with Gasteiger partial charge in [-0.25, -0.2) is 0 Å². The molecule has 1 aliphatic rings. The number of hydrogen-bond donors (Lipinski definition) is 1. The Kier molecular flexibility index (Phi) is 3.65. The topological polar surface area (TPSA) is 30.5 Å². The van der Waals surface area contributed by atoms with Crippen LogP contribution < -0.4 is 15.5 Å². The van der Waals surface area contributed by atoms with Crippen molar-refractivity contribution in [2.75, 3.05) is 12.4 Å². The highest BCUT2D eigenvalue weighted by Gasteiger charge is 2.23. The van der Waals surface area contributed by atoms with Crippen molar-refractivity contribution in [3.63, 3.8) is 0 Å². The smallest absolute Gasteiger partial charge is 0.324 e. The van der Waals surface area contributed by atoms with Gasteiger partial charge in [-0.1, -0.05) is 25.0 Å². The lowest BCUT2D eigenvalue weighted by molar-refractivity contribution is 0.333. The molecule has 1 heterocycles. The van der Waals surface area contributed by atoms with E-state index in [0.29, 0.717) is 0 Å². The molecular weight excluding hydrogens is 249 g/mol. The molecule has 0 saturated heterocycles. The normalized spacial score (nSPS) is 13.2. The summed E-state index contributed by atoms with van der Waals surface area (Å²) in [7, 11) is 1.68. The minimum absolute atomic E-state index is 0.202. The Morgan fingerprint density at radius 2 is 2.00 bits per heavy atom. The molecule has 0 aliphatic carbocycles. The van der Waals surface area contributed by atoms with Crippen molar-refractivity contribution in [2.45, 2.75) is 20.0 Å². The molecule has 3 rings (SSSR count). The molecule has 2 aromatic rings. The molecule has 0 atom stereocenters. The van der Waals surface area contributed by atoms with Gasteiger partial charge in [-0.2, -0.15) is 0 Å². The lowest BCUT2D eigenvalue weighted by atomic mass is 9.64. The molecule has 0 fully saturated rings. The third-order valence-corrected chi connectivity index (χ3v) is 3.73. The third-order valence-electron chi connectivity index (χ3n) is 3.73. The first-order valence-electron chi connectivity index (χ1n) is 6.87. The van der Waals surface area contributed by atoms with Gasteiger partial charge in [0.05, 0.1) is 13.7 Å². The van der Waals surface area contributed by atoms with Crippen molar-refractivity contribution in [2.24, 2.45) is 0 Å². The molecule has 0 radical (unpaired) electrons. The highest BCUT2D eigenvalue weighted by molar-refractivity contribution is 6.67. The molecule has 1 aliphatic heterocycles. The maximum atomic E-state index is 5.62. The van der Waals surface area contributed by atoms with Crippen molar-refractivity contribution in [1.82, 2.24) is 0 Å². The standard InChI is InChI=1S/C16H18BNO2/c1-17-16-9-14(6-5-13(16)11-20-17)18-10-12-3-7-15(19-2)8-4-12/h3-9,18H,10-11H2,1-2H3. The van der Waals surface area contributed by atoms with Crippen LogP contribution in [0.4, 0.5) is 5.69 Å². The molecule has 102 valence electrons. The van der Waals surface area contributed by atoms with E-state index in [-0.39, 0.29) is 6.92 Å². The van der Waals surface area contributed by atoms with Gasteiger partial charge >= 0.3 is 6.92 Å². The summed E-state index contributed by atoms with van der Waals surface area (Å²) in [6.45, 7) is 3.83. The molecule has 1 N–H and O–H groups in total. The van der Waals surface area contributed by atoms with Crippen molar-refractivity contribution in [1.29, 1.82) is 0 Å². The molecule has 3 nitrogen and oxygen atoms in total. The summed E-state index contributed by atoms with van der Waals surface area (Å²) in [6, 6.07) is 14.6. The second-order valence-electron chi connectivity index (χ2n) is 5.07. The van der Waals surface area contributed by atoms with Crippen LogP contribution in [0.25, 0.3) is 0 Å². The highest BCUT2D eigenvalue weighted by atomic mass is 16.5. The van der Waals surface area contributed by atoms with Crippen LogP contribution in [-0.4, -0.2) is 14.0 Å². The molecule has 0 bridgehead atoms. The van der Waals surface area contributed by atoms with Gasteiger partial charge in [-0.15, -0.1) is 0 Å². The molecule has 0 amide bonds. The zero-order chi connectivity index (χ0) is 13.9. The van der Waals surface area contributed by atoms with Crippen molar-refractivity contribution in [3.8, 4) is 5.75 Å².